The number of hydrogen-bond acceptors (Lipinski definition) is 2. The van der Waals surface area contributed by atoms with E-state index in [1.807, 2.05) is 18.2 Å². The molecule has 3 N–H and O–H groups in total. The molecule has 0 aliphatic carbocycles. The average molecular weight is 235 g/mol. The van der Waals surface area contributed by atoms with Crippen LogP contribution in [0.2, 0.25) is 0 Å². The highest BCUT2D eigenvalue weighted by Crippen LogP contribution is 2.26. The minimum Gasteiger partial charge on any atom is -0.480 e. The Morgan fingerprint density at radius 2 is 1.88 bits per heavy atom. The lowest BCUT2D eigenvalue weighted by molar-refractivity contribution is -0.138. The van der Waals surface area contributed by atoms with Gasteiger partial charge in [0.1, 0.15) is 6.04 Å². The summed E-state index contributed by atoms with van der Waals surface area (Å²) in [6.45, 7) is 4.31. The second-order valence-corrected chi connectivity index (χ2v) is 4.36. The predicted octanol–water partition coefficient (Wildman–Crippen LogP) is 2.54. The Balaban J connectivity index is 2.95. The van der Waals surface area contributed by atoms with Crippen LogP contribution in [0, 0.1) is 0 Å². The summed E-state index contributed by atoms with van der Waals surface area (Å²) in [4.78, 5) is 10.8. The molecule has 3 nitrogen and oxygen atoms in total. The molecule has 1 aromatic carbocycles. The summed E-state index contributed by atoms with van der Waals surface area (Å²) in [6, 6.07) is 7.20. The van der Waals surface area contributed by atoms with Gasteiger partial charge in [0, 0.05) is 0 Å². The Labute approximate surface area is 103 Å². The van der Waals surface area contributed by atoms with Crippen LogP contribution in [-0.4, -0.2) is 17.1 Å². The minimum absolute atomic E-state index is 0.405. The SMILES string of the molecule is CCC(CC)c1ccccc1CC(N)C(=O)O. The largest absolute Gasteiger partial charge is 0.480 e. The van der Waals surface area contributed by atoms with Crippen LogP contribution in [-0.2, 0) is 11.2 Å². The fourth-order valence-corrected chi connectivity index (χ4v) is 2.17. The van der Waals surface area contributed by atoms with Gasteiger partial charge in [-0.2, -0.15) is 0 Å². The highest BCUT2D eigenvalue weighted by atomic mass is 16.4. The van der Waals surface area contributed by atoms with Crippen molar-refractivity contribution in [3.8, 4) is 0 Å². The van der Waals surface area contributed by atoms with Gasteiger partial charge in [-0.1, -0.05) is 38.1 Å². The van der Waals surface area contributed by atoms with Crippen molar-refractivity contribution in [2.75, 3.05) is 0 Å². The van der Waals surface area contributed by atoms with E-state index in [0.29, 0.717) is 12.3 Å². The lowest BCUT2D eigenvalue weighted by Gasteiger charge is -2.18. The van der Waals surface area contributed by atoms with Crippen molar-refractivity contribution in [2.45, 2.75) is 45.1 Å². The first kappa shape index (κ1) is 13.7. The van der Waals surface area contributed by atoms with Gasteiger partial charge >= 0.3 is 5.97 Å². The summed E-state index contributed by atoms with van der Waals surface area (Å²) in [5, 5.41) is 8.86. The summed E-state index contributed by atoms with van der Waals surface area (Å²) in [5.41, 5.74) is 7.91. The van der Waals surface area contributed by atoms with Crippen molar-refractivity contribution in [3.63, 3.8) is 0 Å². The molecule has 0 radical (unpaired) electrons. The third-order valence-electron chi connectivity index (χ3n) is 3.24. The number of carbonyl (C=O) groups is 1. The molecule has 0 bridgehead atoms. The first-order chi connectivity index (χ1) is 8.10. The van der Waals surface area contributed by atoms with Crippen LogP contribution < -0.4 is 5.73 Å². The maximum atomic E-state index is 10.8. The monoisotopic (exact) mass is 235 g/mol. The van der Waals surface area contributed by atoms with Crippen LogP contribution in [0.1, 0.15) is 43.7 Å². The normalized spacial score (nSPS) is 12.7. The van der Waals surface area contributed by atoms with E-state index in [1.165, 1.54) is 5.56 Å². The zero-order valence-corrected chi connectivity index (χ0v) is 10.5. The van der Waals surface area contributed by atoms with Crippen LogP contribution in [0.3, 0.4) is 0 Å². The Hall–Kier alpha value is -1.35. The first-order valence-corrected chi connectivity index (χ1v) is 6.16. The Morgan fingerprint density at radius 3 is 2.41 bits per heavy atom. The van der Waals surface area contributed by atoms with Crippen molar-refractivity contribution < 1.29 is 9.90 Å². The standard InChI is InChI=1S/C14H21NO2/c1-3-10(4-2)12-8-6-5-7-11(12)9-13(15)14(16)17/h5-8,10,13H,3-4,9,15H2,1-2H3,(H,16,17). The Bertz CT molecular complexity index is 372. The average Bonchev–Trinajstić information content (AvgIpc) is 2.32. The zero-order chi connectivity index (χ0) is 12.8. The van der Waals surface area contributed by atoms with Crippen molar-refractivity contribution >= 4 is 5.97 Å². The van der Waals surface area contributed by atoms with Crippen molar-refractivity contribution in [1.29, 1.82) is 0 Å². The topological polar surface area (TPSA) is 63.3 Å². The van der Waals surface area contributed by atoms with Crippen LogP contribution >= 0.6 is 0 Å². The predicted molar refractivity (Wildman–Crippen MR) is 69.1 cm³/mol. The third kappa shape index (κ3) is 3.56. The molecule has 94 valence electrons. The van der Waals surface area contributed by atoms with Gasteiger partial charge in [-0.3, -0.25) is 4.79 Å². The van der Waals surface area contributed by atoms with Gasteiger partial charge in [0.25, 0.3) is 0 Å². The van der Waals surface area contributed by atoms with Gasteiger partial charge in [0.15, 0.2) is 0 Å². The number of benzene rings is 1. The molecule has 17 heavy (non-hydrogen) atoms. The molecule has 0 saturated heterocycles. The molecule has 1 aromatic rings. The highest BCUT2D eigenvalue weighted by Gasteiger charge is 2.17. The van der Waals surface area contributed by atoms with Gasteiger partial charge in [-0.25, -0.2) is 0 Å². The number of carboxylic acid groups (broad SMARTS) is 1. The highest BCUT2D eigenvalue weighted by molar-refractivity contribution is 5.73. The van der Waals surface area contributed by atoms with Gasteiger partial charge in [-0.05, 0) is 36.3 Å². The molecule has 3 heteroatoms. The van der Waals surface area contributed by atoms with Gasteiger partial charge in [-0.15, -0.1) is 0 Å². The summed E-state index contributed by atoms with van der Waals surface area (Å²) in [6.07, 6.45) is 2.54. The summed E-state index contributed by atoms with van der Waals surface area (Å²) in [5.74, 6) is -0.448. The van der Waals surface area contributed by atoms with Crippen LogP contribution in [0.5, 0.6) is 0 Å². The molecule has 0 spiro atoms. The van der Waals surface area contributed by atoms with E-state index in [1.54, 1.807) is 0 Å². The fraction of sp³-hybridized carbons (Fsp3) is 0.500. The van der Waals surface area contributed by atoms with Crippen molar-refractivity contribution in [2.24, 2.45) is 5.73 Å². The molecule has 0 aromatic heterocycles. The van der Waals surface area contributed by atoms with E-state index < -0.39 is 12.0 Å². The zero-order valence-electron chi connectivity index (χ0n) is 10.5. The lowest BCUT2D eigenvalue weighted by Crippen LogP contribution is -2.32. The van der Waals surface area contributed by atoms with E-state index in [-0.39, 0.29) is 0 Å². The number of rotatable bonds is 6. The van der Waals surface area contributed by atoms with Crippen LogP contribution in [0.15, 0.2) is 24.3 Å². The third-order valence-corrected chi connectivity index (χ3v) is 3.24. The molecular formula is C14H21NO2. The van der Waals surface area contributed by atoms with E-state index in [9.17, 15) is 4.79 Å². The molecule has 0 fully saturated rings. The first-order valence-electron chi connectivity index (χ1n) is 6.16. The number of aliphatic carboxylic acids is 1. The molecule has 1 unspecified atom stereocenters. The maximum Gasteiger partial charge on any atom is 0.320 e. The lowest BCUT2D eigenvalue weighted by atomic mass is 9.88. The molecule has 0 aliphatic rings. The summed E-state index contributed by atoms with van der Waals surface area (Å²) in [7, 11) is 0. The van der Waals surface area contributed by atoms with E-state index >= 15 is 0 Å². The molecular weight excluding hydrogens is 214 g/mol. The number of carboxylic acids is 1. The maximum absolute atomic E-state index is 10.8. The van der Waals surface area contributed by atoms with Gasteiger partial charge in [0.05, 0.1) is 0 Å². The van der Waals surface area contributed by atoms with E-state index in [2.05, 4.69) is 19.9 Å². The molecule has 1 rings (SSSR count). The van der Waals surface area contributed by atoms with Gasteiger partial charge < -0.3 is 10.8 Å². The van der Waals surface area contributed by atoms with Crippen LogP contribution in [0.25, 0.3) is 0 Å². The van der Waals surface area contributed by atoms with E-state index in [0.717, 1.165) is 18.4 Å². The fourth-order valence-electron chi connectivity index (χ4n) is 2.17. The molecule has 1 atom stereocenters. The second-order valence-electron chi connectivity index (χ2n) is 4.36. The molecule has 0 amide bonds. The Kier molecular flexibility index (Phi) is 5.16. The smallest absolute Gasteiger partial charge is 0.320 e. The Morgan fingerprint density at radius 1 is 1.29 bits per heavy atom. The van der Waals surface area contributed by atoms with Gasteiger partial charge in [0.2, 0.25) is 0 Å². The van der Waals surface area contributed by atoms with Crippen molar-refractivity contribution in [1.82, 2.24) is 0 Å². The molecule has 0 saturated carbocycles. The number of nitrogens with two attached hydrogens (primary N) is 1. The summed E-state index contributed by atoms with van der Waals surface area (Å²) >= 11 is 0. The second kappa shape index (κ2) is 6.40. The minimum atomic E-state index is -0.940. The van der Waals surface area contributed by atoms with Crippen LogP contribution in [0.4, 0.5) is 0 Å². The summed E-state index contributed by atoms with van der Waals surface area (Å²) < 4.78 is 0. The number of hydrogen-bond donors (Lipinski definition) is 2. The quantitative estimate of drug-likeness (QED) is 0.796. The van der Waals surface area contributed by atoms with E-state index in [4.69, 9.17) is 10.8 Å². The molecule has 0 heterocycles. The molecule has 0 aliphatic heterocycles. The van der Waals surface area contributed by atoms with Crippen molar-refractivity contribution in [3.05, 3.63) is 35.4 Å².